The van der Waals surface area contributed by atoms with Gasteiger partial charge in [-0.3, -0.25) is 9.88 Å². The average Bonchev–Trinajstić information content (AvgIpc) is 2.80. The number of hydrogen-bond acceptors (Lipinski definition) is 6. The lowest BCUT2D eigenvalue weighted by molar-refractivity contribution is 0.0733. The van der Waals surface area contributed by atoms with Crippen LogP contribution in [0.5, 0.6) is 5.75 Å². The molecule has 0 fully saturated rings. The largest absolute Gasteiger partial charge is 0.487 e. The SMILES string of the molecule is CC(C)C#Cc1ccc2c(c1)O[C@@H](CN(C)Cc1ccncc1)[C@@H](C)CN([C@H](C)CO)S2(=O)=O. The van der Waals surface area contributed by atoms with Gasteiger partial charge in [0, 0.05) is 55.5 Å². The van der Waals surface area contributed by atoms with E-state index in [0.717, 1.165) is 12.1 Å². The third kappa shape index (κ3) is 6.36. The monoisotopic (exact) mass is 485 g/mol. The van der Waals surface area contributed by atoms with Crippen molar-refractivity contribution >= 4 is 10.0 Å². The molecule has 0 aliphatic carbocycles. The van der Waals surface area contributed by atoms with Gasteiger partial charge < -0.3 is 9.84 Å². The van der Waals surface area contributed by atoms with Crippen molar-refractivity contribution in [3.63, 3.8) is 0 Å². The normalized spacial score (nSPS) is 21.1. The first-order valence-corrected chi connectivity index (χ1v) is 13.1. The Hall–Kier alpha value is -2.44. The number of sulfonamides is 1. The molecule has 0 saturated carbocycles. The lowest BCUT2D eigenvalue weighted by atomic mass is 10.0. The molecule has 0 radical (unpaired) electrons. The first kappa shape index (κ1) is 26.2. The molecule has 1 aliphatic heterocycles. The number of aliphatic hydroxyl groups excluding tert-OH is 1. The molecule has 184 valence electrons. The van der Waals surface area contributed by atoms with E-state index < -0.39 is 16.1 Å². The molecule has 3 atom stereocenters. The molecular weight excluding hydrogens is 450 g/mol. The Morgan fingerprint density at radius 1 is 1.24 bits per heavy atom. The highest BCUT2D eigenvalue weighted by atomic mass is 32.2. The number of fused-ring (bicyclic) bond motifs is 1. The topological polar surface area (TPSA) is 83.0 Å². The molecule has 1 aromatic carbocycles. The standard InChI is InChI=1S/C26H35N3O4S/c1-19(2)6-7-22-8-9-26-24(14-22)33-25(17-28(5)16-23-10-12-27-13-11-23)20(3)15-29(21(4)18-30)34(26,31)32/h8-14,19-21,25,30H,15-18H2,1-5H3/t20-,21+,25-/m0/s1. The maximum Gasteiger partial charge on any atom is 0.247 e. The van der Waals surface area contributed by atoms with Crippen LogP contribution in [0.1, 0.15) is 38.8 Å². The number of benzene rings is 1. The number of ether oxygens (including phenoxy) is 1. The fraction of sp³-hybridized carbons (Fsp3) is 0.500. The molecule has 2 aromatic rings. The number of pyridine rings is 1. The van der Waals surface area contributed by atoms with Crippen LogP contribution in [0.3, 0.4) is 0 Å². The highest BCUT2D eigenvalue weighted by Crippen LogP contribution is 2.34. The Morgan fingerprint density at radius 2 is 1.94 bits per heavy atom. The van der Waals surface area contributed by atoms with Gasteiger partial charge in [0.2, 0.25) is 10.0 Å². The van der Waals surface area contributed by atoms with Gasteiger partial charge in [-0.15, -0.1) is 0 Å². The minimum absolute atomic E-state index is 0.108. The van der Waals surface area contributed by atoms with E-state index in [1.54, 1.807) is 37.5 Å². The van der Waals surface area contributed by atoms with Crippen LogP contribution in [0.4, 0.5) is 0 Å². The number of likely N-dealkylation sites (N-methyl/N-ethyl adjacent to an activating group) is 1. The second kappa shape index (κ2) is 11.3. The summed E-state index contributed by atoms with van der Waals surface area (Å²) >= 11 is 0. The predicted molar refractivity (Wildman–Crippen MR) is 133 cm³/mol. The molecule has 34 heavy (non-hydrogen) atoms. The molecule has 0 unspecified atom stereocenters. The highest BCUT2D eigenvalue weighted by Gasteiger charge is 2.38. The van der Waals surface area contributed by atoms with E-state index >= 15 is 0 Å². The summed E-state index contributed by atoms with van der Waals surface area (Å²) in [5, 5.41) is 9.79. The summed E-state index contributed by atoms with van der Waals surface area (Å²) in [5.74, 6) is 6.62. The van der Waals surface area contributed by atoms with E-state index in [-0.39, 0.29) is 36.0 Å². The molecule has 0 amide bonds. The summed E-state index contributed by atoms with van der Waals surface area (Å²) < 4.78 is 34.9. The summed E-state index contributed by atoms with van der Waals surface area (Å²) in [4.78, 5) is 6.34. The summed E-state index contributed by atoms with van der Waals surface area (Å²) in [6.07, 6.45) is 3.28. The maximum atomic E-state index is 13.6. The molecule has 2 heterocycles. The van der Waals surface area contributed by atoms with Gasteiger partial charge in [0.1, 0.15) is 16.7 Å². The first-order chi connectivity index (χ1) is 16.1. The second-order valence-electron chi connectivity index (χ2n) is 9.38. The third-order valence-corrected chi connectivity index (χ3v) is 7.89. The lowest BCUT2D eigenvalue weighted by Gasteiger charge is -2.37. The number of hydrogen-bond donors (Lipinski definition) is 1. The minimum atomic E-state index is -3.86. The van der Waals surface area contributed by atoms with Crippen LogP contribution >= 0.6 is 0 Å². The van der Waals surface area contributed by atoms with Crippen molar-refractivity contribution in [2.24, 2.45) is 11.8 Å². The number of nitrogens with zero attached hydrogens (tertiary/aromatic N) is 3. The van der Waals surface area contributed by atoms with Crippen LogP contribution in [0.15, 0.2) is 47.6 Å². The molecule has 0 bridgehead atoms. The molecule has 3 rings (SSSR count). The minimum Gasteiger partial charge on any atom is -0.487 e. The third-order valence-electron chi connectivity index (χ3n) is 5.87. The Labute approximate surface area is 203 Å². The van der Waals surface area contributed by atoms with Gasteiger partial charge >= 0.3 is 0 Å². The highest BCUT2D eigenvalue weighted by molar-refractivity contribution is 7.89. The Balaban J connectivity index is 1.99. The number of rotatable bonds is 6. The van der Waals surface area contributed by atoms with Gasteiger partial charge in [-0.25, -0.2) is 8.42 Å². The Kier molecular flexibility index (Phi) is 8.72. The molecule has 1 aliphatic rings. The van der Waals surface area contributed by atoms with Gasteiger partial charge in [-0.1, -0.05) is 32.6 Å². The van der Waals surface area contributed by atoms with Crippen LogP contribution in [-0.2, 0) is 16.6 Å². The molecule has 1 N–H and O–H groups in total. The van der Waals surface area contributed by atoms with Crippen molar-refractivity contribution in [3.8, 4) is 17.6 Å². The van der Waals surface area contributed by atoms with Crippen LogP contribution in [0, 0.1) is 23.7 Å². The van der Waals surface area contributed by atoms with Crippen molar-refractivity contribution in [1.82, 2.24) is 14.2 Å². The van der Waals surface area contributed by atoms with Crippen molar-refractivity contribution in [3.05, 3.63) is 53.9 Å². The Bertz CT molecular complexity index is 1130. The fourth-order valence-electron chi connectivity index (χ4n) is 3.92. The van der Waals surface area contributed by atoms with Gasteiger partial charge in [-0.2, -0.15) is 4.31 Å². The summed E-state index contributed by atoms with van der Waals surface area (Å²) in [6.45, 7) is 9.05. The van der Waals surface area contributed by atoms with E-state index in [2.05, 4.69) is 21.7 Å². The smallest absolute Gasteiger partial charge is 0.247 e. The number of aromatic nitrogens is 1. The van der Waals surface area contributed by atoms with Gasteiger partial charge in [0.15, 0.2) is 0 Å². The molecule has 1 aromatic heterocycles. The van der Waals surface area contributed by atoms with E-state index in [9.17, 15) is 13.5 Å². The zero-order valence-electron chi connectivity index (χ0n) is 20.6. The first-order valence-electron chi connectivity index (χ1n) is 11.6. The van der Waals surface area contributed by atoms with Crippen LogP contribution < -0.4 is 4.74 Å². The van der Waals surface area contributed by atoms with Gasteiger partial charge in [0.25, 0.3) is 0 Å². The molecular formula is C26H35N3O4S. The van der Waals surface area contributed by atoms with Crippen molar-refractivity contribution in [1.29, 1.82) is 0 Å². The number of aliphatic hydroxyl groups is 1. The van der Waals surface area contributed by atoms with E-state index in [1.807, 2.05) is 40.0 Å². The predicted octanol–water partition coefficient (Wildman–Crippen LogP) is 2.99. The van der Waals surface area contributed by atoms with Crippen molar-refractivity contribution in [2.75, 3.05) is 26.7 Å². The molecule has 0 saturated heterocycles. The van der Waals surface area contributed by atoms with Crippen LogP contribution in [-0.4, -0.2) is 66.6 Å². The summed E-state index contributed by atoms with van der Waals surface area (Å²) in [6, 6.07) is 8.41. The van der Waals surface area contributed by atoms with Crippen molar-refractivity contribution in [2.45, 2.75) is 51.3 Å². The lowest BCUT2D eigenvalue weighted by Crippen LogP contribution is -2.49. The second-order valence-corrected chi connectivity index (χ2v) is 11.2. The van der Waals surface area contributed by atoms with Crippen LogP contribution in [0.2, 0.25) is 0 Å². The molecule has 0 spiro atoms. The van der Waals surface area contributed by atoms with Gasteiger partial charge in [0.05, 0.1) is 6.61 Å². The molecule has 7 nitrogen and oxygen atoms in total. The van der Waals surface area contributed by atoms with E-state index in [4.69, 9.17) is 4.74 Å². The fourth-order valence-corrected chi connectivity index (χ4v) is 5.75. The van der Waals surface area contributed by atoms with Crippen molar-refractivity contribution < 1.29 is 18.3 Å². The average molecular weight is 486 g/mol. The maximum absolute atomic E-state index is 13.6. The zero-order chi connectivity index (χ0) is 24.9. The summed E-state index contributed by atoms with van der Waals surface area (Å²) in [7, 11) is -1.84. The Morgan fingerprint density at radius 3 is 2.59 bits per heavy atom. The summed E-state index contributed by atoms with van der Waals surface area (Å²) in [5.41, 5.74) is 1.85. The quantitative estimate of drug-likeness (QED) is 0.634. The van der Waals surface area contributed by atoms with Crippen LogP contribution in [0.25, 0.3) is 0 Å². The van der Waals surface area contributed by atoms with E-state index in [0.29, 0.717) is 17.9 Å². The molecule has 8 heteroatoms. The van der Waals surface area contributed by atoms with Gasteiger partial charge in [-0.05, 0) is 49.9 Å². The zero-order valence-corrected chi connectivity index (χ0v) is 21.4. The van der Waals surface area contributed by atoms with E-state index in [1.165, 1.54) is 4.31 Å².